The van der Waals surface area contributed by atoms with Crippen LogP contribution in [0.15, 0.2) is 36.4 Å². The number of carbonyl (C=O) groups excluding carboxylic acids is 3. The lowest BCUT2D eigenvalue weighted by Gasteiger charge is -2.23. The molecule has 2 aromatic carbocycles. The smallest absolute Gasteiger partial charge is 0.303 e. The number of aliphatic carboxylic acids is 1. The lowest BCUT2D eigenvalue weighted by Crippen LogP contribution is -2.41. The molecule has 2 aliphatic rings. The van der Waals surface area contributed by atoms with Crippen LogP contribution in [0, 0.1) is 17.0 Å². The first-order valence-corrected chi connectivity index (χ1v) is 11.2. The molecule has 1 fully saturated rings. The third-order valence-corrected chi connectivity index (χ3v) is 6.25. The van der Waals surface area contributed by atoms with Crippen LogP contribution in [0.25, 0.3) is 11.1 Å². The molecule has 0 aliphatic carbocycles. The molecule has 4 rings (SSSR count). The van der Waals surface area contributed by atoms with E-state index in [1.807, 2.05) is 0 Å². The van der Waals surface area contributed by atoms with E-state index < -0.39 is 46.9 Å². The Hall–Kier alpha value is -3.82. The Kier molecular flexibility index (Phi) is 6.31. The summed E-state index contributed by atoms with van der Waals surface area (Å²) in [4.78, 5) is 51.1. The first kappa shape index (κ1) is 24.3. The quantitative estimate of drug-likeness (QED) is 0.581. The van der Waals surface area contributed by atoms with Gasteiger partial charge in [0.1, 0.15) is 17.7 Å². The van der Waals surface area contributed by atoms with Crippen LogP contribution >= 0.6 is 0 Å². The molecule has 2 aliphatic heterocycles. The molecule has 0 bridgehead atoms. The average Bonchev–Trinajstić information content (AvgIpc) is 3.12. The van der Waals surface area contributed by atoms with Crippen molar-refractivity contribution in [1.29, 1.82) is 0 Å². The van der Waals surface area contributed by atoms with Gasteiger partial charge in [-0.2, -0.15) is 0 Å². The van der Waals surface area contributed by atoms with E-state index in [0.717, 1.165) is 12.1 Å². The highest BCUT2D eigenvalue weighted by atomic mass is 19.1. The lowest BCUT2D eigenvalue weighted by molar-refractivity contribution is -0.139. The molecule has 2 aromatic rings. The second kappa shape index (κ2) is 9.09. The maximum Gasteiger partial charge on any atom is 0.303 e. The van der Waals surface area contributed by atoms with E-state index in [1.54, 1.807) is 19.9 Å². The van der Waals surface area contributed by atoms with E-state index >= 15 is 0 Å². The maximum absolute atomic E-state index is 14.3. The predicted octanol–water partition coefficient (Wildman–Crippen LogP) is 3.17. The normalized spacial score (nSPS) is 19.5. The average molecular weight is 485 g/mol. The van der Waals surface area contributed by atoms with E-state index in [2.05, 4.69) is 10.6 Å². The fraction of sp³-hybridized carbons (Fsp3) is 0.360. The highest BCUT2D eigenvalue weighted by Gasteiger charge is 2.43. The number of nitrogens with zero attached hydrogens (tertiary/aromatic N) is 1. The number of rotatable bonds is 6. The van der Waals surface area contributed by atoms with Crippen LogP contribution in [0.3, 0.4) is 0 Å². The van der Waals surface area contributed by atoms with Gasteiger partial charge >= 0.3 is 5.97 Å². The number of fused-ring (bicyclic) bond motifs is 2. The highest BCUT2D eigenvalue weighted by molar-refractivity contribution is 6.11. The van der Waals surface area contributed by atoms with Crippen LogP contribution in [-0.2, 0) is 14.4 Å². The molecule has 3 N–H and O–H groups in total. The van der Waals surface area contributed by atoms with Crippen molar-refractivity contribution in [2.24, 2.45) is 5.41 Å². The standard InChI is InChI=1S/C25H25F2N3O5/c1-25(2,11-22(32)33)10-21(31)28-15-9-20-23(34)29-19-6-3-13(7-17(19)24(35)30(20)12-15)16-5-4-14(26)8-18(16)27/h3-8,15,20H,9-12H2,1-2H3,(H,28,31)(H,29,34)(H,32,33)/t15-,20-/m0/s1. The summed E-state index contributed by atoms with van der Waals surface area (Å²) in [6, 6.07) is 6.37. The molecule has 10 heteroatoms. The number of benzene rings is 2. The first-order chi connectivity index (χ1) is 16.4. The van der Waals surface area contributed by atoms with Gasteiger partial charge in [-0.15, -0.1) is 0 Å². The second-order valence-corrected chi connectivity index (χ2v) is 9.76. The zero-order chi connectivity index (χ0) is 25.5. The van der Waals surface area contributed by atoms with Crippen molar-refractivity contribution in [1.82, 2.24) is 10.2 Å². The van der Waals surface area contributed by atoms with E-state index in [-0.39, 0.29) is 48.5 Å². The topological polar surface area (TPSA) is 116 Å². The van der Waals surface area contributed by atoms with Gasteiger partial charge in [0.2, 0.25) is 11.8 Å². The van der Waals surface area contributed by atoms with Gasteiger partial charge in [-0.1, -0.05) is 19.9 Å². The molecule has 184 valence electrons. The summed E-state index contributed by atoms with van der Waals surface area (Å²) in [5.41, 5.74) is 0.169. The molecule has 2 heterocycles. The number of anilines is 1. The van der Waals surface area contributed by atoms with Crippen LogP contribution < -0.4 is 10.6 Å². The van der Waals surface area contributed by atoms with Crippen LogP contribution in [0.2, 0.25) is 0 Å². The van der Waals surface area contributed by atoms with Gasteiger partial charge in [0.05, 0.1) is 17.7 Å². The fourth-order valence-corrected chi connectivity index (χ4v) is 4.69. The summed E-state index contributed by atoms with van der Waals surface area (Å²) in [6.45, 7) is 3.45. The van der Waals surface area contributed by atoms with Crippen LogP contribution in [0.1, 0.15) is 43.5 Å². The number of amides is 3. The van der Waals surface area contributed by atoms with Crippen molar-refractivity contribution in [2.75, 3.05) is 11.9 Å². The summed E-state index contributed by atoms with van der Waals surface area (Å²) in [7, 11) is 0. The van der Waals surface area contributed by atoms with Crippen molar-refractivity contribution in [3.05, 3.63) is 53.6 Å². The molecule has 2 atom stereocenters. The van der Waals surface area contributed by atoms with Crippen molar-refractivity contribution in [3.63, 3.8) is 0 Å². The second-order valence-electron chi connectivity index (χ2n) is 9.76. The minimum absolute atomic E-state index is 0.0178. The Morgan fingerprint density at radius 1 is 1.11 bits per heavy atom. The Morgan fingerprint density at radius 2 is 1.86 bits per heavy atom. The van der Waals surface area contributed by atoms with Gasteiger partial charge in [-0.05, 0) is 41.7 Å². The molecular formula is C25H25F2N3O5. The first-order valence-electron chi connectivity index (χ1n) is 11.2. The Morgan fingerprint density at radius 3 is 2.54 bits per heavy atom. The van der Waals surface area contributed by atoms with Crippen molar-refractivity contribution >= 4 is 29.4 Å². The fourth-order valence-electron chi connectivity index (χ4n) is 4.69. The summed E-state index contributed by atoms with van der Waals surface area (Å²) < 4.78 is 27.6. The third kappa shape index (κ3) is 5.16. The SMILES string of the molecule is CC(C)(CC(=O)O)CC(=O)N[C@H]1C[C@H]2C(=O)Nc3ccc(-c4ccc(F)cc4F)cc3C(=O)N2C1. The minimum Gasteiger partial charge on any atom is -0.481 e. The number of carbonyl (C=O) groups is 4. The Labute approximate surface area is 200 Å². The van der Waals surface area contributed by atoms with Crippen LogP contribution in [0.4, 0.5) is 14.5 Å². The number of carboxylic acid groups (broad SMARTS) is 1. The van der Waals surface area contributed by atoms with Gasteiger partial charge in [0.25, 0.3) is 5.91 Å². The van der Waals surface area contributed by atoms with Crippen LogP contribution in [0.5, 0.6) is 0 Å². The molecule has 0 spiro atoms. The number of hydrogen-bond donors (Lipinski definition) is 3. The number of nitrogens with one attached hydrogen (secondary N) is 2. The van der Waals surface area contributed by atoms with E-state index in [4.69, 9.17) is 5.11 Å². The maximum atomic E-state index is 14.3. The van der Waals surface area contributed by atoms with Gasteiger partial charge < -0.3 is 20.6 Å². The number of halogens is 2. The number of carboxylic acids is 1. The summed E-state index contributed by atoms with van der Waals surface area (Å²) in [5.74, 6) is -3.71. The van der Waals surface area contributed by atoms with E-state index in [9.17, 15) is 28.0 Å². The van der Waals surface area contributed by atoms with Crippen molar-refractivity contribution in [3.8, 4) is 11.1 Å². The molecule has 3 amide bonds. The van der Waals surface area contributed by atoms with Gasteiger partial charge in [-0.25, -0.2) is 8.78 Å². The molecule has 0 unspecified atom stereocenters. The summed E-state index contributed by atoms with van der Waals surface area (Å²) in [6.07, 6.45) is 0.0145. The van der Waals surface area contributed by atoms with E-state index in [1.165, 1.54) is 23.1 Å². The Balaban J connectivity index is 1.53. The lowest BCUT2D eigenvalue weighted by atomic mass is 9.85. The van der Waals surface area contributed by atoms with Gasteiger partial charge in [0, 0.05) is 30.6 Å². The molecule has 8 nitrogen and oxygen atoms in total. The van der Waals surface area contributed by atoms with Crippen LogP contribution in [-0.4, -0.2) is 52.3 Å². The molecular weight excluding hydrogens is 460 g/mol. The van der Waals surface area contributed by atoms with Gasteiger partial charge in [-0.3, -0.25) is 19.2 Å². The molecule has 35 heavy (non-hydrogen) atoms. The molecule has 0 saturated carbocycles. The largest absolute Gasteiger partial charge is 0.481 e. The Bertz CT molecular complexity index is 1230. The minimum atomic E-state index is -1.00. The molecule has 0 aromatic heterocycles. The molecule has 0 radical (unpaired) electrons. The summed E-state index contributed by atoms with van der Waals surface area (Å²) in [5, 5.41) is 14.5. The predicted molar refractivity (Wildman–Crippen MR) is 122 cm³/mol. The number of hydrogen-bond acceptors (Lipinski definition) is 4. The van der Waals surface area contributed by atoms with Crippen molar-refractivity contribution < 1.29 is 33.1 Å². The third-order valence-electron chi connectivity index (χ3n) is 6.25. The monoisotopic (exact) mass is 485 g/mol. The van der Waals surface area contributed by atoms with Gasteiger partial charge in [0.15, 0.2) is 0 Å². The highest BCUT2D eigenvalue weighted by Crippen LogP contribution is 2.33. The zero-order valence-corrected chi connectivity index (χ0v) is 19.2. The zero-order valence-electron chi connectivity index (χ0n) is 19.2. The van der Waals surface area contributed by atoms with E-state index in [0.29, 0.717) is 5.56 Å². The summed E-state index contributed by atoms with van der Waals surface area (Å²) >= 11 is 0. The van der Waals surface area contributed by atoms with Crippen molar-refractivity contribution in [2.45, 2.75) is 45.2 Å². The molecule has 1 saturated heterocycles.